The smallest absolute Gasteiger partial charge is 0.306 e. The van der Waals surface area contributed by atoms with Crippen molar-refractivity contribution in [2.45, 2.75) is 375 Å². The number of esters is 3. The molecule has 422 valence electrons. The molecule has 6 nitrogen and oxygen atoms in total. The molecule has 0 rings (SSSR count). The minimum Gasteiger partial charge on any atom is -0.462 e. The molecular formula is C65H126O6. The van der Waals surface area contributed by atoms with Crippen molar-refractivity contribution >= 4 is 17.9 Å². The SMILES string of the molecule is CCCCCCCCCCCCCCCCC(=O)OC[C@@H](COC(=O)CCCCCCCCCCCCCCCCCC(C)C)OC(=O)CCCCCCCCCCCCCCCCCCCCC(C)C. The molecule has 0 aliphatic rings. The fourth-order valence-electron chi connectivity index (χ4n) is 10.1. The fraction of sp³-hybridized carbons (Fsp3) is 0.954. The summed E-state index contributed by atoms with van der Waals surface area (Å²) in [5.74, 6) is 0.877. The van der Waals surface area contributed by atoms with Gasteiger partial charge in [0.05, 0.1) is 0 Å². The zero-order valence-electron chi connectivity index (χ0n) is 48.9. The number of unbranched alkanes of at least 4 members (excludes halogenated alkanes) is 44. The van der Waals surface area contributed by atoms with Gasteiger partial charge < -0.3 is 14.2 Å². The van der Waals surface area contributed by atoms with Crippen molar-refractivity contribution in [1.82, 2.24) is 0 Å². The van der Waals surface area contributed by atoms with Crippen LogP contribution in [0.5, 0.6) is 0 Å². The maximum absolute atomic E-state index is 12.9. The van der Waals surface area contributed by atoms with Crippen LogP contribution in [0.4, 0.5) is 0 Å². The van der Waals surface area contributed by atoms with Crippen molar-refractivity contribution in [3.63, 3.8) is 0 Å². The molecule has 0 bridgehead atoms. The summed E-state index contributed by atoms with van der Waals surface area (Å²) in [5, 5.41) is 0. The maximum Gasteiger partial charge on any atom is 0.306 e. The number of hydrogen-bond acceptors (Lipinski definition) is 6. The van der Waals surface area contributed by atoms with Crippen LogP contribution in [-0.4, -0.2) is 37.2 Å². The molecule has 0 unspecified atom stereocenters. The molecule has 0 heterocycles. The van der Waals surface area contributed by atoms with Gasteiger partial charge in [-0.15, -0.1) is 0 Å². The predicted octanol–water partition coefficient (Wildman–Crippen LogP) is 21.6. The molecule has 0 spiro atoms. The lowest BCUT2D eigenvalue weighted by atomic mass is 10.0. The van der Waals surface area contributed by atoms with E-state index in [1.807, 2.05) is 0 Å². The van der Waals surface area contributed by atoms with E-state index in [2.05, 4.69) is 34.6 Å². The Bertz CT molecular complexity index is 1090. The van der Waals surface area contributed by atoms with Crippen LogP contribution in [0.2, 0.25) is 0 Å². The van der Waals surface area contributed by atoms with Crippen molar-refractivity contribution in [3.8, 4) is 0 Å². The standard InChI is InChI=1S/C65H126O6/c1-6-7-8-9-10-11-12-13-25-30-35-40-45-50-55-63(66)69-58-62(59-70-64(67)56-51-46-41-36-31-26-22-18-20-24-29-34-39-44-49-54-61(4)5)71-65(68)57-52-47-42-37-32-27-21-17-15-14-16-19-23-28-33-38-43-48-53-60(2)3/h60-62H,6-59H2,1-5H3/t62-/m0/s1. The summed E-state index contributed by atoms with van der Waals surface area (Å²) in [6.45, 7) is 11.5. The van der Waals surface area contributed by atoms with E-state index < -0.39 is 6.10 Å². The number of ether oxygens (including phenoxy) is 3. The molecule has 1 atom stereocenters. The van der Waals surface area contributed by atoms with Crippen LogP contribution in [-0.2, 0) is 28.6 Å². The largest absolute Gasteiger partial charge is 0.462 e. The Kier molecular flexibility index (Phi) is 56.4. The van der Waals surface area contributed by atoms with Crippen molar-refractivity contribution < 1.29 is 28.6 Å². The van der Waals surface area contributed by atoms with Crippen LogP contribution < -0.4 is 0 Å². The van der Waals surface area contributed by atoms with Gasteiger partial charge in [-0.3, -0.25) is 14.4 Å². The third-order valence-electron chi connectivity index (χ3n) is 15.0. The molecule has 0 aliphatic heterocycles. The number of rotatable bonds is 59. The van der Waals surface area contributed by atoms with Crippen LogP contribution in [0, 0.1) is 11.8 Å². The Morgan fingerprint density at radius 3 is 0.690 bits per heavy atom. The number of hydrogen-bond donors (Lipinski definition) is 0. The van der Waals surface area contributed by atoms with E-state index in [0.717, 1.165) is 69.6 Å². The maximum atomic E-state index is 12.9. The quantitative estimate of drug-likeness (QED) is 0.0343. The second-order valence-electron chi connectivity index (χ2n) is 23.4. The summed E-state index contributed by atoms with van der Waals surface area (Å²) in [5.41, 5.74) is 0. The summed E-state index contributed by atoms with van der Waals surface area (Å²) in [6.07, 6.45) is 63.9. The van der Waals surface area contributed by atoms with Gasteiger partial charge in [0.25, 0.3) is 0 Å². The molecule has 0 aromatic heterocycles. The molecular weight excluding hydrogens is 877 g/mol. The van der Waals surface area contributed by atoms with Gasteiger partial charge in [0.15, 0.2) is 6.10 Å². The van der Waals surface area contributed by atoms with Crippen LogP contribution in [0.15, 0.2) is 0 Å². The second-order valence-corrected chi connectivity index (χ2v) is 23.4. The minimum atomic E-state index is -0.763. The van der Waals surface area contributed by atoms with Gasteiger partial charge >= 0.3 is 17.9 Å². The highest BCUT2D eigenvalue weighted by Crippen LogP contribution is 2.19. The molecule has 0 saturated carbocycles. The van der Waals surface area contributed by atoms with Gasteiger partial charge in [-0.2, -0.15) is 0 Å². The van der Waals surface area contributed by atoms with E-state index in [0.29, 0.717) is 19.3 Å². The van der Waals surface area contributed by atoms with Gasteiger partial charge in [-0.05, 0) is 31.1 Å². The summed E-state index contributed by atoms with van der Waals surface area (Å²) >= 11 is 0. The van der Waals surface area contributed by atoms with Crippen molar-refractivity contribution in [3.05, 3.63) is 0 Å². The second kappa shape index (κ2) is 57.7. The number of carbonyl (C=O) groups is 3. The van der Waals surface area contributed by atoms with Crippen molar-refractivity contribution in [2.75, 3.05) is 13.2 Å². The predicted molar refractivity (Wildman–Crippen MR) is 307 cm³/mol. The molecule has 0 aromatic rings. The van der Waals surface area contributed by atoms with Crippen LogP contribution in [0.1, 0.15) is 369 Å². The lowest BCUT2D eigenvalue weighted by molar-refractivity contribution is -0.167. The van der Waals surface area contributed by atoms with E-state index in [9.17, 15) is 14.4 Å². The molecule has 0 saturated heterocycles. The molecule has 71 heavy (non-hydrogen) atoms. The normalized spacial score (nSPS) is 12.0. The average molecular weight is 1000 g/mol. The average Bonchev–Trinajstić information content (AvgIpc) is 3.35. The first-order valence-electron chi connectivity index (χ1n) is 32.2. The Hall–Kier alpha value is -1.59. The highest BCUT2D eigenvalue weighted by molar-refractivity contribution is 5.71. The zero-order valence-corrected chi connectivity index (χ0v) is 48.9. The molecule has 0 N–H and O–H groups in total. The molecule has 0 amide bonds. The molecule has 0 aromatic carbocycles. The summed E-state index contributed by atoms with van der Waals surface area (Å²) in [6, 6.07) is 0. The van der Waals surface area contributed by atoms with Gasteiger partial charge in [0, 0.05) is 19.3 Å². The fourth-order valence-corrected chi connectivity index (χ4v) is 10.1. The first-order valence-corrected chi connectivity index (χ1v) is 32.2. The third kappa shape index (κ3) is 59.2. The monoisotopic (exact) mass is 1000 g/mol. The lowest BCUT2D eigenvalue weighted by Crippen LogP contribution is -2.30. The first kappa shape index (κ1) is 69.4. The van der Waals surface area contributed by atoms with Crippen LogP contribution in [0.25, 0.3) is 0 Å². The van der Waals surface area contributed by atoms with Crippen LogP contribution >= 0.6 is 0 Å². The van der Waals surface area contributed by atoms with E-state index in [4.69, 9.17) is 14.2 Å². The molecule has 0 fully saturated rings. The Balaban J connectivity index is 4.26. The topological polar surface area (TPSA) is 78.9 Å². The highest BCUT2D eigenvalue weighted by Gasteiger charge is 2.19. The Morgan fingerprint density at radius 1 is 0.268 bits per heavy atom. The summed E-state index contributed by atoms with van der Waals surface area (Å²) in [7, 11) is 0. The minimum absolute atomic E-state index is 0.0617. The van der Waals surface area contributed by atoms with E-state index in [-0.39, 0.29) is 31.1 Å². The van der Waals surface area contributed by atoms with E-state index in [1.165, 1.54) is 257 Å². The van der Waals surface area contributed by atoms with Gasteiger partial charge in [-0.25, -0.2) is 0 Å². The third-order valence-corrected chi connectivity index (χ3v) is 15.0. The Morgan fingerprint density at radius 2 is 0.465 bits per heavy atom. The van der Waals surface area contributed by atoms with Crippen molar-refractivity contribution in [2.24, 2.45) is 11.8 Å². The zero-order chi connectivity index (χ0) is 51.8. The van der Waals surface area contributed by atoms with Gasteiger partial charge in [0.2, 0.25) is 0 Å². The Labute approximate surface area is 444 Å². The highest BCUT2D eigenvalue weighted by atomic mass is 16.6. The van der Waals surface area contributed by atoms with Gasteiger partial charge in [0.1, 0.15) is 13.2 Å². The van der Waals surface area contributed by atoms with Crippen molar-refractivity contribution in [1.29, 1.82) is 0 Å². The lowest BCUT2D eigenvalue weighted by Gasteiger charge is -2.18. The first-order chi connectivity index (χ1) is 34.7. The van der Waals surface area contributed by atoms with E-state index >= 15 is 0 Å². The summed E-state index contributed by atoms with van der Waals surface area (Å²) < 4.78 is 17.0. The number of carbonyl (C=O) groups excluding carboxylic acids is 3. The molecule has 6 heteroatoms. The molecule has 0 aliphatic carbocycles. The molecule has 0 radical (unpaired) electrons. The van der Waals surface area contributed by atoms with E-state index in [1.54, 1.807) is 0 Å². The van der Waals surface area contributed by atoms with Crippen LogP contribution in [0.3, 0.4) is 0 Å². The van der Waals surface area contributed by atoms with Gasteiger partial charge in [-0.1, -0.05) is 330 Å². The summed E-state index contributed by atoms with van der Waals surface area (Å²) in [4.78, 5) is 38.3.